The van der Waals surface area contributed by atoms with Crippen LogP contribution in [0.1, 0.15) is 23.0 Å². The van der Waals surface area contributed by atoms with Crippen LogP contribution < -0.4 is 25.0 Å². The number of rotatable bonds is 11. The first-order chi connectivity index (χ1) is 18.1. The Labute approximate surface area is 220 Å². The molecule has 0 atom stereocenters. The molecule has 4 rings (SSSR count). The maximum atomic E-state index is 13.3. The number of para-hydroxylation sites is 1. The van der Waals surface area contributed by atoms with Gasteiger partial charge in [0, 0.05) is 24.5 Å². The highest BCUT2D eigenvalue weighted by atomic mass is 32.1. The Hall–Kier alpha value is -4.30. The highest BCUT2D eigenvalue weighted by molar-refractivity contribution is 7.12. The number of thiophene rings is 1. The second kappa shape index (κ2) is 13.1. The smallest absolute Gasteiger partial charge is 0.326 e. The maximum absolute atomic E-state index is 13.3. The van der Waals surface area contributed by atoms with E-state index in [4.69, 9.17) is 9.47 Å². The molecule has 8 heteroatoms. The quantitative estimate of drug-likeness (QED) is 0.215. The van der Waals surface area contributed by atoms with E-state index >= 15 is 0 Å². The van der Waals surface area contributed by atoms with Gasteiger partial charge < -0.3 is 20.1 Å². The average Bonchev–Trinajstić information content (AvgIpc) is 3.46. The zero-order valence-corrected chi connectivity index (χ0v) is 21.4. The Bertz CT molecular complexity index is 1260. The number of urea groups is 1. The number of hydrogen-bond donors (Lipinski definition) is 2. The van der Waals surface area contributed by atoms with Gasteiger partial charge in [-0.15, -0.1) is 11.3 Å². The van der Waals surface area contributed by atoms with Gasteiger partial charge in [-0.05, 0) is 85.5 Å². The van der Waals surface area contributed by atoms with Crippen LogP contribution in [-0.4, -0.2) is 31.6 Å². The first-order valence-electron chi connectivity index (χ1n) is 12.1. The molecule has 190 valence electrons. The van der Waals surface area contributed by atoms with Gasteiger partial charge >= 0.3 is 6.03 Å². The van der Waals surface area contributed by atoms with Crippen LogP contribution in [0.3, 0.4) is 0 Å². The fraction of sp³-hybridized carbons (Fsp3) is 0.172. The Morgan fingerprint density at radius 2 is 1.54 bits per heavy atom. The summed E-state index contributed by atoms with van der Waals surface area (Å²) in [5.74, 6) is 2.04. The molecule has 0 unspecified atom stereocenters. The summed E-state index contributed by atoms with van der Waals surface area (Å²) in [5, 5.41) is 7.73. The molecule has 0 radical (unpaired) electrons. The van der Waals surface area contributed by atoms with Crippen molar-refractivity contribution in [3.8, 4) is 17.2 Å². The molecule has 0 fully saturated rings. The van der Waals surface area contributed by atoms with Crippen LogP contribution in [0.5, 0.6) is 17.2 Å². The third-order valence-electron chi connectivity index (χ3n) is 5.38. The van der Waals surface area contributed by atoms with E-state index in [1.807, 2.05) is 85.1 Å². The van der Waals surface area contributed by atoms with E-state index in [9.17, 15) is 9.59 Å². The molecule has 3 aromatic carbocycles. The maximum Gasteiger partial charge on any atom is 0.326 e. The molecule has 3 amide bonds. The summed E-state index contributed by atoms with van der Waals surface area (Å²) < 4.78 is 11.4. The van der Waals surface area contributed by atoms with Crippen molar-refractivity contribution in [2.24, 2.45) is 0 Å². The van der Waals surface area contributed by atoms with Gasteiger partial charge in [0.05, 0.1) is 11.5 Å². The van der Waals surface area contributed by atoms with E-state index in [2.05, 4.69) is 10.6 Å². The number of nitrogens with zero attached hydrogens (tertiary/aromatic N) is 1. The Morgan fingerprint density at radius 3 is 2.22 bits per heavy atom. The molecule has 0 saturated carbocycles. The van der Waals surface area contributed by atoms with Gasteiger partial charge in [-0.1, -0.05) is 24.3 Å². The molecular formula is C29H29N3O4S. The summed E-state index contributed by atoms with van der Waals surface area (Å²) in [6.45, 7) is 3.35. The third-order valence-corrected chi connectivity index (χ3v) is 6.25. The van der Waals surface area contributed by atoms with Crippen LogP contribution in [0.15, 0.2) is 96.4 Å². The molecule has 1 heterocycles. The lowest BCUT2D eigenvalue weighted by molar-refractivity contribution is 0.0957. The molecule has 0 spiro atoms. The zero-order chi connectivity index (χ0) is 25.9. The second-order valence-electron chi connectivity index (χ2n) is 8.03. The van der Waals surface area contributed by atoms with Crippen molar-refractivity contribution >= 4 is 34.6 Å². The first-order valence-corrected chi connectivity index (χ1v) is 13.0. The molecule has 4 aromatic rings. The third kappa shape index (κ3) is 7.59. The molecular weight excluding hydrogens is 486 g/mol. The van der Waals surface area contributed by atoms with Gasteiger partial charge in [0.2, 0.25) is 0 Å². The van der Waals surface area contributed by atoms with E-state index in [0.29, 0.717) is 48.1 Å². The molecule has 0 aliphatic rings. The molecule has 0 saturated heterocycles. The van der Waals surface area contributed by atoms with E-state index in [1.165, 1.54) is 11.3 Å². The van der Waals surface area contributed by atoms with Gasteiger partial charge in [0.15, 0.2) is 0 Å². The van der Waals surface area contributed by atoms with E-state index in [0.717, 1.165) is 11.5 Å². The normalized spacial score (nSPS) is 10.4. The summed E-state index contributed by atoms with van der Waals surface area (Å²) in [4.78, 5) is 27.8. The van der Waals surface area contributed by atoms with Crippen molar-refractivity contribution in [2.75, 3.05) is 29.9 Å². The lowest BCUT2D eigenvalue weighted by Crippen LogP contribution is -2.37. The molecule has 0 aliphatic carbocycles. The summed E-state index contributed by atoms with van der Waals surface area (Å²) in [5.41, 5.74) is 1.38. The van der Waals surface area contributed by atoms with Crippen LogP contribution in [0.4, 0.5) is 16.2 Å². The van der Waals surface area contributed by atoms with Crippen LogP contribution in [0.25, 0.3) is 0 Å². The van der Waals surface area contributed by atoms with Gasteiger partial charge in [0.25, 0.3) is 5.91 Å². The molecule has 7 nitrogen and oxygen atoms in total. The van der Waals surface area contributed by atoms with Crippen molar-refractivity contribution in [2.45, 2.75) is 13.3 Å². The number of hydrogen-bond acceptors (Lipinski definition) is 5. The lowest BCUT2D eigenvalue weighted by atomic mass is 10.2. The van der Waals surface area contributed by atoms with Crippen LogP contribution >= 0.6 is 11.3 Å². The predicted molar refractivity (Wildman–Crippen MR) is 148 cm³/mol. The van der Waals surface area contributed by atoms with Crippen molar-refractivity contribution in [1.82, 2.24) is 5.32 Å². The summed E-state index contributed by atoms with van der Waals surface area (Å²) >= 11 is 1.40. The molecule has 1 aromatic heterocycles. The average molecular weight is 516 g/mol. The topological polar surface area (TPSA) is 79.9 Å². The monoisotopic (exact) mass is 515 g/mol. The van der Waals surface area contributed by atoms with E-state index in [1.54, 1.807) is 23.1 Å². The van der Waals surface area contributed by atoms with E-state index in [-0.39, 0.29) is 11.9 Å². The first kappa shape index (κ1) is 25.8. The van der Waals surface area contributed by atoms with Crippen LogP contribution in [0.2, 0.25) is 0 Å². The second-order valence-corrected chi connectivity index (χ2v) is 8.98. The lowest BCUT2D eigenvalue weighted by Gasteiger charge is -2.24. The SMILES string of the molecule is CCOc1ccc(NC(=O)N(CCCNC(=O)c2cccs2)c2ccc(Oc3ccccc3)cc2)cc1. The van der Waals surface area contributed by atoms with Gasteiger partial charge in [0.1, 0.15) is 17.2 Å². The van der Waals surface area contributed by atoms with Crippen molar-refractivity contribution in [1.29, 1.82) is 0 Å². The van der Waals surface area contributed by atoms with Gasteiger partial charge in [-0.3, -0.25) is 9.69 Å². The van der Waals surface area contributed by atoms with Gasteiger partial charge in [-0.25, -0.2) is 4.79 Å². The molecule has 0 aliphatic heterocycles. The van der Waals surface area contributed by atoms with Crippen molar-refractivity contribution in [3.05, 3.63) is 101 Å². The number of carbonyl (C=O) groups is 2. The zero-order valence-electron chi connectivity index (χ0n) is 20.6. The van der Waals surface area contributed by atoms with E-state index < -0.39 is 0 Å². The molecule has 37 heavy (non-hydrogen) atoms. The minimum Gasteiger partial charge on any atom is -0.494 e. The fourth-order valence-corrected chi connectivity index (χ4v) is 4.23. The highest BCUT2D eigenvalue weighted by Crippen LogP contribution is 2.25. The fourth-order valence-electron chi connectivity index (χ4n) is 3.59. The van der Waals surface area contributed by atoms with Crippen molar-refractivity contribution < 1.29 is 19.1 Å². The summed E-state index contributed by atoms with van der Waals surface area (Å²) in [6.07, 6.45) is 0.579. The minimum absolute atomic E-state index is 0.109. The number of anilines is 2. The predicted octanol–water partition coefficient (Wildman–Crippen LogP) is 6.80. The molecule has 2 N–H and O–H groups in total. The Kier molecular flexibility index (Phi) is 9.15. The summed E-state index contributed by atoms with van der Waals surface area (Å²) in [7, 11) is 0. The largest absolute Gasteiger partial charge is 0.494 e. The van der Waals surface area contributed by atoms with Gasteiger partial charge in [-0.2, -0.15) is 0 Å². The van der Waals surface area contributed by atoms with Crippen LogP contribution in [-0.2, 0) is 0 Å². The van der Waals surface area contributed by atoms with Crippen LogP contribution in [0, 0.1) is 0 Å². The standard InChI is InChI=1S/C29H29N3O4S/c1-2-35-24-15-11-22(12-16-24)31-29(34)32(20-7-19-30-28(33)27-10-6-21-37-27)23-13-17-26(18-14-23)36-25-8-4-3-5-9-25/h3-6,8-18,21H,2,7,19-20H2,1H3,(H,30,33)(H,31,34). The minimum atomic E-state index is -0.273. The molecule has 0 bridgehead atoms. The van der Waals surface area contributed by atoms with Crippen molar-refractivity contribution in [3.63, 3.8) is 0 Å². The number of carbonyl (C=O) groups excluding carboxylic acids is 2. The highest BCUT2D eigenvalue weighted by Gasteiger charge is 2.17. The summed E-state index contributed by atoms with van der Waals surface area (Å²) in [6, 6.07) is 27.5. The number of amides is 3. The Balaban J connectivity index is 1.42. The number of nitrogens with one attached hydrogen (secondary N) is 2. The number of ether oxygens (including phenoxy) is 2. The Morgan fingerprint density at radius 1 is 0.838 bits per heavy atom. The number of benzene rings is 3.